The minimum atomic E-state index is -4.34. The first-order valence-corrected chi connectivity index (χ1v) is 13.2. The second-order valence-corrected chi connectivity index (χ2v) is 11.0. The maximum Gasteiger partial charge on any atom is 0.341 e. The Balaban J connectivity index is 1.79. The molecule has 0 saturated carbocycles. The average molecular weight is 503 g/mol. The summed E-state index contributed by atoms with van der Waals surface area (Å²) in [7, 11) is -2.88. The molecule has 35 heavy (non-hydrogen) atoms. The van der Waals surface area contributed by atoms with Crippen LogP contribution in [-0.4, -0.2) is 51.9 Å². The van der Waals surface area contributed by atoms with Crippen LogP contribution in [0.5, 0.6) is 5.75 Å². The number of methoxy groups -OCH3 is 1. The highest BCUT2D eigenvalue weighted by Crippen LogP contribution is 2.45. The Morgan fingerprint density at radius 1 is 1.14 bits per heavy atom. The highest BCUT2D eigenvalue weighted by Gasteiger charge is 2.54. The van der Waals surface area contributed by atoms with Gasteiger partial charge in [-0.1, -0.05) is 44.2 Å². The lowest BCUT2D eigenvalue weighted by atomic mass is 9.69. The Morgan fingerprint density at radius 2 is 1.80 bits per heavy atom. The maximum absolute atomic E-state index is 13.7. The van der Waals surface area contributed by atoms with Crippen LogP contribution in [0, 0.1) is 17.3 Å². The van der Waals surface area contributed by atoms with Crippen molar-refractivity contribution in [1.29, 1.82) is 0 Å². The lowest BCUT2D eigenvalue weighted by Crippen LogP contribution is -2.42. The van der Waals surface area contributed by atoms with E-state index in [0.29, 0.717) is 31.7 Å². The van der Waals surface area contributed by atoms with Crippen molar-refractivity contribution in [1.82, 2.24) is 4.90 Å². The first-order valence-electron chi connectivity index (χ1n) is 11.8. The Labute approximate surface area is 207 Å². The van der Waals surface area contributed by atoms with Gasteiger partial charge in [0.15, 0.2) is 0 Å². The molecule has 190 valence electrons. The fourth-order valence-corrected chi connectivity index (χ4v) is 5.76. The molecule has 2 aromatic carbocycles. The van der Waals surface area contributed by atoms with E-state index < -0.39 is 21.5 Å². The van der Waals surface area contributed by atoms with E-state index in [0.717, 1.165) is 5.56 Å². The van der Waals surface area contributed by atoms with E-state index >= 15 is 0 Å². The van der Waals surface area contributed by atoms with Gasteiger partial charge in [-0.25, -0.2) is 0 Å². The smallest absolute Gasteiger partial charge is 0.341 e. The van der Waals surface area contributed by atoms with Gasteiger partial charge >= 0.3 is 16.1 Å². The maximum atomic E-state index is 13.7. The Hall–Kier alpha value is -2.91. The summed E-state index contributed by atoms with van der Waals surface area (Å²) < 4.78 is 35.4. The van der Waals surface area contributed by atoms with Crippen molar-refractivity contribution in [2.24, 2.45) is 23.0 Å². The van der Waals surface area contributed by atoms with Crippen molar-refractivity contribution < 1.29 is 26.9 Å². The largest absolute Gasteiger partial charge is 0.497 e. The van der Waals surface area contributed by atoms with Crippen LogP contribution >= 0.6 is 0 Å². The molecule has 0 spiro atoms. The van der Waals surface area contributed by atoms with Crippen LogP contribution in [0.3, 0.4) is 0 Å². The van der Waals surface area contributed by atoms with Gasteiger partial charge in [0, 0.05) is 19.0 Å². The van der Waals surface area contributed by atoms with Gasteiger partial charge in [0.2, 0.25) is 5.91 Å². The summed E-state index contributed by atoms with van der Waals surface area (Å²) in [4.78, 5) is 28.2. The average Bonchev–Trinajstić information content (AvgIpc) is 3.07. The molecule has 1 aliphatic heterocycles. The Bertz CT molecular complexity index is 1120. The summed E-state index contributed by atoms with van der Waals surface area (Å²) in [5.74, 6) is -0.851. The molecule has 2 aromatic rings. The molecule has 2 atom stereocenters. The van der Waals surface area contributed by atoms with Crippen molar-refractivity contribution in [3.05, 3.63) is 60.2 Å². The first-order chi connectivity index (χ1) is 16.6. The highest BCUT2D eigenvalue weighted by molar-refractivity contribution is 7.87. The normalized spacial score (nSPS) is 20.3. The zero-order valence-corrected chi connectivity index (χ0v) is 21.3. The number of rotatable bonds is 11. The minimum Gasteiger partial charge on any atom is -0.497 e. The van der Waals surface area contributed by atoms with Crippen molar-refractivity contribution >= 4 is 22.0 Å². The Kier molecular flexibility index (Phi) is 8.56. The predicted molar refractivity (Wildman–Crippen MR) is 132 cm³/mol. The SMILES string of the molecule is COc1ccc(S(=O)(=O)OC(=O)CC2(CC(C)C)C(=O)N(CCc3ccccc3)CC2CN)cc1. The second-order valence-electron chi connectivity index (χ2n) is 9.44. The summed E-state index contributed by atoms with van der Waals surface area (Å²) >= 11 is 0. The third-order valence-electron chi connectivity index (χ3n) is 6.52. The highest BCUT2D eigenvalue weighted by atomic mass is 32.2. The number of likely N-dealkylation sites (tertiary alicyclic amines) is 1. The van der Waals surface area contributed by atoms with E-state index in [1.165, 1.54) is 31.4 Å². The molecule has 2 unspecified atom stereocenters. The van der Waals surface area contributed by atoms with Gasteiger partial charge in [-0.05, 0) is 55.1 Å². The van der Waals surface area contributed by atoms with E-state index in [1.807, 2.05) is 44.2 Å². The Morgan fingerprint density at radius 3 is 2.37 bits per heavy atom. The minimum absolute atomic E-state index is 0.0908. The summed E-state index contributed by atoms with van der Waals surface area (Å²) in [6, 6.07) is 15.4. The van der Waals surface area contributed by atoms with Crippen molar-refractivity contribution in [2.75, 3.05) is 26.7 Å². The molecule has 2 N–H and O–H groups in total. The zero-order valence-electron chi connectivity index (χ0n) is 20.5. The number of nitrogens with zero attached hydrogens (tertiary/aromatic N) is 1. The topological polar surface area (TPSA) is 116 Å². The second kappa shape index (κ2) is 11.2. The quantitative estimate of drug-likeness (QED) is 0.470. The van der Waals surface area contributed by atoms with Crippen LogP contribution < -0.4 is 10.5 Å². The summed E-state index contributed by atoms with van der Waals surface area (Å²) in [5, 5.41) is 0. The van der Waals surface area contributed by atoms with E-state index in [4.69, 9.17) is 14.7 Å². The number of carbonyl (C=O) groups excluding carboxylic acids is 2. The lowest BCUT2D eigenvalue weighted by Gasteiger charge is -2.33. The van der Waals surface area contributed by atoms with Gasteiger partial charge in [0.1, 0.15) is 10.6 Å². The van der Waals surface area contributed by atoms with Gasteiger partial charge < -0.3 is 19.6 Å². The van der Waals surface area contributed by atoms with Gasteiger partial charge in [-0.2, -0.15) is 8.42 Å². The van der Waals surface area contributed by atoms with E-state index in [2.05, 4.69) is 0 Å². The molecule has 3 rings (SSSR count). The van der Waals surface area contributed by atoms with Crippen LogP contribution in [0.25, 0.3) is 0 Å². The molecule has 1 amide bonds. The number of amides is 1. The van der Waals surface area contributed by atoms with Gasteiger partial charge in [-0.3, -0.25) is 9.59 Å². The van der Waals surface area contributed by atoms with Gasteiger partial charge in [0.25, 0.3) is 0 Å². The zero-order chi connectivity index (χ0) is 25.6. The molecule has 0 aliphatic carbocycles. The molecule has 8 nitrogen and oxygen atoms in total. The lowest BCUT2D eigenvalue weighted by molar-refractivity contribution is -0.146. The third-order valence-corrected chi connectivity index (χ3v) is 7.77. The molecule has 1 fully saturated rings. The number of ether oxygens (including phenoxy) is 1. The van der Waals surface area contributed by atoms with Crippen molar-refractivity contribution in [3.63, 3.8) is 0 Å². The molecule has 0 aromatic heterocycles. The molecule has 0 radical (unpaired) electrons. The van der Waals surface area contributed by atoms with E-state index in [1.54, 1.807) is 4.90 Å². The molecule has 0 bridgehead atoms. The van der Waals surface area contributed by atoms with Gasteiger partial charge in [0.05, 0.1) is 18.9 Å². The monoisotopic (exact) mass is 502 g/mol. The molecular weight excluding hydrogens is 468 g/mol. The van der Waals surface area contributed by atoms with Crippen molar-refractivity contribution in [3.8, 4) is 5.75 Å². The number of hydrogen-bond donors (Lipinski definition) is 1. The van der Waals surface area contributed by atoms with Crippen LogP contribution in [-0.2, 0) is 30.3 Å². The standard InChI is InChI=1S/C26H34N2O6S/c1-19(2)15-26(16-24(29)34-35(31,32)23-11-9-22(33-3)10-12-23)21(17-27)18-28(25(26)30)14-13-20-7-5-4-6-8-20/h4-12,19,21H,13-18,27H2,1-3H3. The number of hydrogen-bond acceptors (Lipinski definition) is 7. The fraction of sp³-hybridized carbons (Fsp3) is 0.462. The molecule has 1 aliphatic rings. The number of carbonyl (C=O) groups is 2. The van der Waals surface area contributed by atoms with Gasteiger partial charge in [-0.15, -0.1) is 0 Å². The summed E-state index contributed by atoms with van der Waals surface area (Å²) in [6.45, 7) is 5.06. The molecule has 1 heterocycles. The van der Waals surface area contributed by atoms with Crippen LogP contribution in [0.2, 0.25) is 0 Å². The number of benzene rings is 2. The van der Waals surface area contributed by atoms with E-state index in [9.17, 15) is 18.0 Å². The summed E-state index contributed by atoms with van der Waals surface area (Å²) in [6.07, 6.45) is 0.744. The molecular formula is C26H34N2O6S. The molecule has 1 saturated heterocycles. The van der Waals surface area contributed by atoms with E-state index in [-0.39, 0.29) is 35.6 Å². The summed E-state index contributed by atoms with van der Waals surface area (Å²) in [5.41, 5.74) is 6.08. The molecule has 9 heteroatoms. The third kappa shape index (κ3) is 6.21. The fourth-order valence-electron chi connectivity index (χ4n) is 4.89. The predicted octanol–water partition coefficient (Wildman–Crippen LogP) is 3.01. The number of nitrogens with two attached hydrogens (primary N) is 1. The first kappa shape index (κ1) is 26.7. The van der Waals surface area contributed by atoms with Crippen LogP contribution in [0.4, 0.5) is 0 Å². The van der Waals surface area contributed by atoms with Crippen LogP contribution in [0.15, 0.2) is 59.5 Å². The van der Waals surface area contributed by atoms with Crippen molar-refractivity contribution in [2.45, 2.75) is 38.0 Å². The van der Waals surface area contributed by atoms with Crippen LogP contribution in [0.1, 0.15) is 32.3 Å².